The number of carbonyl (C=O) groups excluding carboxylic acids is 2. The third kappa shape index (κ3) is 7.06. The summed E-state index contributed by atoms with van der Waals surface area (Å²) in [5, 5.41) is 7.93. The molecule has 1 N–H and O–H groups in total. The normalized spacial score (nSPS) is 10.9. The van der Waals surface area contributed by atoms with Crippen LogP contribution in [0.3, 0.4) is 0 Å². The molecule has 1 aromatic heterocycles. The first-order valence-corrected chi connectivity index (χ1v) is 13.2. The van der Waals surface area contributed by atoms with Crippen molar-refractivity contribution in [2.75, 3.05) is 18.4 Å². The maximum Gasteiger partial charge on any atom is 0.245 e. The molecule has 3 aromatic rings. The van der Waals surface area contributed by atoms with Gasteiger partial charge in [-0.3, -0.25) is 9.59 Å². The zero-order valence-electron chi connectivity index (χ0n) is 22.2. The van der Waals surface area contributed by atoms with Crippen LogP contribution in [0.25, 0.3) is 16.8 Å². The molecule has 6 heteroatoms. The Hall–Kier alpha value is -3.41. The molecule has 0 fully saturated rings. The number of aryl methyl sites for hydroxylation is 2. The Kier molecular flexibility index (Phi) is 10.3. The van der Waals surface area contributed by atoms with Crippen molar-refractivity contribution in [3.05, 3.63) is 65.9 Å². The zero-order valence-corrected chi connectivity index (χ0v) is 22.2. The smallest absolute Gasteiger partial charge is 0.245 e. The van der Waals surface area contributed by atoms with Gasteiger partial charge in [-0.05, 0) is 43.9 Å². The van der Waals surface area contributed by atoms with E-state index in [1.165, 1.54) is 12.8 Å². The lowest BCUT2D eigenvalue weighted by molar-refractivity contribution is -0.134. The van der Waals surface area contributed by atoms with Gasteiger partial charge in [0, 0.05) is 18.5 Å². The SMILES string of the molecule is CCCCCCCC(=O)N(CCC)CC(=O)Nc1c(-c2ccccc2)c(C)nn1-c1ccccc1C. The number of hydrogen-bond acceptors (Lipinski definition) is 3. The van der Waals surface area contributed by atoms with Gasteiger partial charge in [0.1, 0.15) is 5.82 Å². The van der Waals surface area contributed by atoms with Gasteiger partial charge in [0.05, 0.1) is 17.9 Å². The number of anilines is 1. The fraction of sp³-hybridized carbons (Fsp3) is 0.433. The molecule has 0 saturated carbocycles. The second-order valence-corrected chi connectivity index (χ2v) is 9.40. The van der Waals surface area contributed by atoms with Gasteiger partial charge in [-0.2, -0.15) is 5.10 Å². The molecule has 6 nitrogen and oxygen atoms in total. The molecule has 0 radical (unpaired) electrons. The Bertz CT molecular complexity index is 1140. The summed E-state index contributed by atoms with van der Waals surface area (Å²) >= 11 is 0. The van der Waals surface area contributed by atoms with E-state index in [-0.39, 0.29) is 18.4 Å². The molecule has 0 saturated heterocycles. The lowest BCUT2D eigenvalue weighted by atomic mass is 10.1. The molecule has 2 amide bonds. The summed E-state index contributed by atoms with van der Waals surface area (Å²) in [6.45, 7) is 8.81. The lowest BCUT2D eigenvalue weighted by Crippen LogP contribution is -2.38. The Balaban J connectivity index is 1.85. The molecule has 1 heterocycles. The van der Waals surface area contributed by atoms with E-state index in [2.05, 4.69) is 12.2 Å². The minimum atomic E-state index is -0.213. The highest BCUT2D eigenvalue weighted by Crippen LogP contribution is 2.34. The van der Waals surface area contributed by atoms with E-state index in [1.807, 2.05) is 80.1 Å². The largest absolute Gasteiger partial charge is 0.333 e. The van der Waals surface area contributed by atoms with Gasteiger partial charge in [-0.1, -0.05) is 88.1 Å². The second-order valence-electron chi connectivity index (χ2n) is 9.40. The number of carbonyl (C=O) groups is 2. The Morgan fingerprint density at radius 1 is 0.889 bits per heavy atom. The van der Waals surface area contributed by atoms with E-state index >= 15 is 0 Å². The van der Waals surface area contributed by atoms with Gasteiger partial charge in [0.15, 0.2) is 0 Å². The van der Waals surface area contributed by atoms with E-state index in [9.17, 15) is 9.59 Å². The summed E-state index contributed by atoms with van der Waals surface area (Å²) in [7, 11) is 0. The Morgan fingerprint density at radius 3 is 2.28 bits per heavy atom. The highest BCUT2D eigenvalue weighted by molar-refractivity contribution is 5.98. The number of rotatable bonds is 13. The number of hydrogen-bond donors (Lipinski definition) is 1. The minimum absolute atomic E-state index is 0.0356. The summed E-state index contributed by atoms with van der Waals surface area (Å²) in [4.78, 5) is 27.9. The third-order valence-electron chi connectivity index (χ3n) is 6.40. The first kappa shape index (κ1) is 27.2. The predicted octanol–water partition coefficient (Wildman–Crippen LogP) is 6.69. The summed E-state index contributed by atoms with van der Waals surface area (Å²) in [5.41, 5.74) is 4.66. The van der Waals surface area contributed by atoms with Crippen LogP contribution in [-0.2, 0) is 9.59 Å². The molecule has 0 atom stereocenters. The van der Waals surface area contributed by atoms with Crippen molar-refractivity contribution in [1.82, 2.24) is 14.7 Å². The zero-order chi connectivity index (χ0) is 25.9. The van der Waals surface area contributed by atoms with Crippen molar-refractivity contribution in [3.63, 3.8) is 0 Å². The lowest BCUT2D eigenvalue weighted by Gasteiger charge is -2.22. The van der Waals surface area contributed by atoms with Gasteiger partial charge in [0.2, 0.25) is 11.8 Å². The number of para-hydroxylation sites is 1. The number of aromatic nitrogens is 2. The molecular weight excluding hydrogens is 448 g/mol. The van der Waals surface area contributed by atoms with Crippen LogP contribution in [0.1, 0.15) is 70.1 Å². The van der Waals surface area contributed by atoms with Gasteiger partial charge in [0.25, 0.3) is 0 Å². The fourth-order valence-electron chi connectivity index (χ4n) is 4.51. The van der Waals surface area contributed by atoms with Crippen LogP contribution < -0.4 is 5.32 Å². The first-order chi connectivity index (χ1) is 17.5. The summed E-state index contributed by atoms with van der Waals surface area (Å²) < 4.78 is 1.81. The molecule has 0 aliphatic heterocycles. The molecule has 36 heavy (non-hydrogen) atoms. The van der Waals surface area contributed by atoms with Crippen molar-refractivity contribution >= 4 is 17.6 Å². The number of nitrogens with one attached hydrogen (secondary N) is 1. The van der Waals surface area contributed by atoms with E-state index in [0.29, 0.717) is 18.8 Å². The molecule has 2 aromatic carbocycles. The molecule has 0 aliphatic rings. The minimum Gasteiger partial charge on any atom is -0.333 e. The van der Waals surface area contributed by atoms with E-state index in [0.717, 1.165) is 53.8 Å². The standard InChI is InChI=1S/C30H40N4O2/c1-5-7-8-9-13-20-28(36)33(21-6-2)22-27(35)31-30-29(25-17-11-10-12-18-25)24(4)32-34(30)26-19-15-14-16-23(26)3/h10-12,14-19H,5-9,13,20-22H2,1-4H3,(H,31,35). The fourth-order valence-corrected chi connectivity index (χ4v) is 4.51. The van der Waals surface area contributed by atoms with Crippen LogP contribution in [0.5, 0.6) is 0 Å². The maximum absolute atomic E-state index is 13.3. The van der Waals surface area contributed by atoms with Crippen molar-refractivity contribution in [2.24, 2.45) is 0 Å². The molecular formula is C30H40N4O2. The number of benzene rings is 2. The highest BCUT2D eigenvalue weighted by Gasteiger charge is 2.23. The van der Waals surface area contributed by atoms with E-state index in [1.54, 1.807) is 4.90 Å². The monoisotopic (exact) mass is 488 g/mol. The number of amides is 2. The maximum atomic E-state index is 13.3. The molecule has 192 valence electrons. The quantitative estimate of drug-likeness (QED) is 0.272. The average Bonchev–Trinajstić information content (AvgIpc) is 3.19. The van der Waals surface area contributed by atoms with Crippen molar-refractivity contribution in [3.8, 4) is 16.8 Å². The highest BCUT2D eigenvalue weighted by atomic mass is 16.2. The van der Waals surface area contributed by atoms with Crippen LogP contribution in [-0.4, -0.2) is 39.6 Å². The number of nitrogens with zero attached hydrogens (tertiary/aromatic N) is 3. The third-order valence-corrected chi connectivity index (χ3v) is 6.40. The number of unbranched alkanes of at least 4 members (excludes halogenated alkanes) is 4. The first-order valence-electron chi connectivity index (χ1n) is 13.2. The Morgan fingerprint density at radius 2 is 1.58 bits per heavy atom. The van der Waals surface area contributed by atoms with E-state index in [4.69, 9.17) is 5.10 Å². The average molecular weight is 489 g/mol. The van der Waals surface area contributed by atoms with Crippen LogP contribution in [0, 0.1) is 13.8 Å². The second kappa shape index (κ2) is 13.6. The van der Waals surface area contributed by atoms with Crippen LogP contribution in [0.4, 0.5) is 5.82 Å². The Labute approximate surface area is 215 Å². The summed E-state index contributed by atoms with van der Waals surface area (Å²) in [6, 6.07) is 18.0. The molecule has 0 aliphatic carbocycles. The van der Waals surface area contributed by atoms with Crippen LogP contribution in [0.2, 0.25) is 0 Å². The molecule has 0 spiro atoms. The van der Waals surface area contributed by atoms with Crippen molar-refractivity contribution in [1.29, 1.82) is 0 Å². The summed E-state index contributed by atoms with van der Waals surface area (Å²) in [6.07, 6.45) is 6.77. The van der Waals surface area contributed by atoms with Gasteiger partial charge in [-0.25, -0.2) is 4.68 Å². The topological polar surface area (TPSA) is 67.2 Å². The summed E-state index contributed by atoms with van der Waals surface area (Å²) in [5.74, 6) is 0.464. The van der Waals surface area contributed by atoms with Gasteiger partial charge in [-0.15, -0.1) is 0 Å². The van der Waals surface area contributed by atoms with E-state index < -0.39 is 0 Å². The van der Waals surface area contributed by atoms with Crippen LogP contribution >= 0.6 is 0 Å². The molecule has 0 bridgehead atoms. The molecule has 3 rings (SSSR count). The van der Waals surface area contributed by atoms with Gasteiger partial charge < -0.3 is 10.2 Å². The predicted molar refractivity (Wildman–Crippen MR) is 147 cm³/mol. The van der Waals surface area contributed by atoms with Gasteiger partial charge >= 0.3 is 0 Å². The van der Waals surface area contributed by atoms with Crippen molar-refractivity contribution < 1.29 is 9.59 Å². The molecule has 0 unspecified atom stereocenters. The van der Waals surface area contributed by atoms with Crippen LogP contribution in [0.15, 0.2) is 54.6 Å². The van der Waals surface area contributed by atoms with Crippen molar-refractivity contribution in [2.45, 2.75) is 72.6 Å².